The summed E-state index contributed by atoms with van der Waals surface area (Å²) in [5.41, 5.74) is 1.07. The molecule has 1 rings (SSSR count). The molecule has 0 radical (unpaired) electrons. The first kappa shape index (κ1) is 12.6. The van der Waals surface area contributed by atoms with Crippen LogP contribution in [0.15, 0.2) is 9.27 Å². The van der Waals surface area contributed by atoms with E-state index in [0.717, 1.165) is 18.5 Å². The van der Waals surface area contributed by atoms with Crippen LogP contribution in [0.4, 0.5) is 0 Å². The summed E-state index contributed by atoms with van der Waals surface area (Å²) in [6, 6.07) is 0.231. The maximum absolute atomic E-state index is 11.9. The van der Waals surface area contributed by atoms with E-state index in [1.807, 2.05) is 6.92 Å². The average molecular weight is 275 g/mol. The van der Waals surface area contributed by atoms with Crippen LogP contribution in [0, 0.1) is 5.92 Å². The van der Waals surface area contributed by atoms with Crippen molar-refractivity contribution in [3.05, 3.63) is 20.5 Å². The molecule has 15 heavy (non-hydrogen) atoms. The predicted octanol–water partition coefficient (Wildman–Crippen LogP) is 3.11. The summed E-state index contributed by atoms with van der Waals surface area (Å²) in [5.74, 6) is 0.546. The first-order valence-corrected chi connectivity index (χ1v) is 6.25. The Morgan fingerprint density at radius 2 is 2.00 bits per heavy atom. The van der Waals surface area contributed by atoms with E-state index in [0.29, 0.717) is 10.4 Å². The second kappa shape index (κ2) is 5.01. The molecular formula is C11H19BrN2O. The molecule has 0 aromatic carbocycles. The zero-order chi connectivity index (χ0) is 11.6. The topological polar surface area (TPSA) is 37.8 Å². The molecule has 0 bridgehead atoms. The molecule has 1 heterocycles. The average Bonchev–Trinajstić information content (AvgIpc) is 2.44. The Kier molecular flexibility index (Phi) is 4.20. The summed E-state index contributed by atoms with van der Waals surface area (Å²) in [7, 11) is 0. The fourth-order valence-corrected chi connectivity index (χ4v) is 1.96. The first-order valence-electron chi connectivity index (χ1n) is 5.46. The number of aromatic amines is 1. The third kappa shape index (κ3) is 2.74. The molecule has 3 nitrogen and oxygen atoms in total. The quantitative estimate of drug-likeness (QED) is 0.900. The van der Waals surface area contributed by atoms with Gasteiger partial charge < -0.3 is 0 Å². The highest BCUT2D eigenvalue weighted by molar-refractivity contribution is 9.10. The molecule has 0 spiro atoms. The fourth-order valence-electron chi connectivity index (χ4n) is 1.52. The van der Waals surface area contributed by atoms with E-state index in [4.69, 9.17) is 0 Å². The second-order valence-corrected chi connectivity index (χ2v) is 5.23. The van der Waals surface area contributed by atoms with Gasteiger partial charge in [-0.3, -0.25) is 9.89 Å². The molecule has 0 aliphatic heterocycles. The zero-order valence-corrected chi connectivity index (χ0v) is 11.4. The molecule has 1 aromatic heterocycles. The summed E-state index contributed by atoms with van der Waals surface area (Å²) in [5, 5.41) is 3.19. The Morgan fingerprint density at radius 1 is 1.40 bits per heavy atom. The number of hydrogen-bond acceptors (Lipinski definition) is 1. The number of rotatable bonds is 4. The maximum Gasteiger partial charge on any atom is 0.281 e. The minimum atomic E-state index is 0.0556. The number of nitrogens with one attached hydrogen (secondary N) is 1. The van der Waals surface area contributed by atoms with Crippen LogP contribution in [-0.2, 0) is 6.42 Å². The van der Waals surface area contributed by atoms with Crippen LogP contribution in [0.3, 0.4) is 0 Å². The van der Waals surface area contributed by atoms with Gasteiger partial charge in [-0.05, 0) is 41.6 Å². The normalized spacial score (nSPS) is 13.5. The van der Waals surface area contributed by atoms with Crippen molar-refractivity contribution >= 4 is 15.9 Å². The molecular weight excluding hydrogens is 256 g/mol. The molecule has 0 fully saturated rings. The monoisotopic (exact) mass is 274 g/mol. The standard InChI is InChI=1S/C11H19BrN2O/c1-5-8(4)14-11(15)10(12)9(13-14)6-7(2)3/h7-8,13H,5-6H2,1-4H3. The molecule has 0 aliphatic rings. The lowest BCUT2D eigenvalue weighted by atomic mass is 10.1. The van der Waals surface area contributed by atoms with Crippen molar-refractivity contribution in [2.45, 2.75) is 46.6 Å². The van der Waals surface area contributed by atoms with Gasteiger partial charge >= 0.3 is 0 Å². The Morgan fingerprint density at radius 3 is 2.47 bits per heavy atom. The molecule has 0 saturated heterocycles. The van der Waals surface area contributed by atoms with Gasteiger partial charge in [0.05, 0.1) is 11.7 Å². The Labute approximate surface area is 99.0 Å². The van der Waals surface area contributed by atoms with Crippen molar-refractivity contribution in [1.82, 2.24) is 9.78 Å². The number of H-pyrrole nitrogens is 1. The SMILES string of the molecule is CCC(C)n1[nH]c(CC(C)C)c(Br)c1=O. The van der Waals surface area contributed by atoms with Gasteiger partial charge in [-0.2, -0.15) is 0 Å². The van der Waals surface area contributed by atoms with Gasteiger partial charge in [0, 0.05) is 0 Å². The lowest BCUT2D eigenvalue weighted by Crippen LogP contribution is -2.20. The minimum absolute atomic E-state index is 0.0556. The van der Waals surface area contributed by atoms with Gasteiger partial charge in [0.25, 0.3) is 5.56 Å². The summed E-state index contributed by atoms with van der Waals surface area (Å²) in [6.07, 6.45) is 1.85. The molecule has 1 N–H and O–H groups in total. The van der Waals surface area contributed by atoms with E-state index in [9.17, 15) is 4.79 Å². The van der Waals surface area contributed by atoms with E-state index in [1.165, 1.54) is 0 Å². The molecule has 0 saturated carbocycles. The van der Waals surface area contributed by atoms with Crippen molar-refractivity contribution in [3.8, 4) is 0 Å². The van der Waals surface area contributed by atoms with Crippen molar-refractivity contribution in [3.63, 3.8) is 0 Å². The van der Waals surface area contributed by atoms with E-state index in [1.54, 1.807) is 4.68 Å². The zero-order valence-electron chi connectivity index (χ0n) is 9.80. The van der Waals surface area contributed by atoms with Crippen molar-refractivity contribution in [2.75, 3.05) is 0 Å². The highest BCUT2D eigenvalue weighted by Crippen LogP contribution is 2.16. The third-order valence-electron chi connectivity index (χ3n) is 2.57. The van der Waals surface area contributed by atoms with Crippen molar-refractivity contribution < 1.29 is 0 Å². The third-order valence-corrected chi connectivity index (χ3v) is 3.39. The lowest BCUT2D eigenvalue weighted by molar-refractivity contribution is 0.458. The van der Waals surface area contributed by atoms with Crippen LogP contribution in [0.2, 0.25) is 0 Å². The van der Waals surface area contributed by atoms with E-state index >= 15 is 0 Å². The predicted molar refractivity (Wildman–Crippen MR) is 66.3 cm³/mol. The van der Waals surface area contributed by atoms with Crippen LogP contribution in [0.5, 0.6) is 0 Å². The summed E-state index contributed by atoms with van der Waals surface area (Å²) >= 11 is 3.36. The summed E-state index contributed by atoms with van der Waals surface area (Å²) < 4.78 is 2.40. The fraction of sp³-hybridized carbons (Fsp3) is 0.727. The highest BCUT2D eigenvalue weighted by Gasteiger charge is 2.15. The molecule has 0 amide bonds. The molecule has 0 aliphatic carbocycles. The second-order valence-electron chi connectivity index (χ2n) is 4.43. The molecule has 4 heteroatoms. The lowest BCUT2D eigenvalue weighted by Gasteiger charge is -2.09. The highest BCUT2D eigenvalue weighted by atomic mass is 79.9. The molecule has 86 valence electrons. The van der Waals surface area contributed by atoms with Gasteiger partial charge in [0.2, 0.25) is 0 Å². The van der Waals surface area contributed by atoms with Gasteiger partial charge in [0.15, 0.2) is 0 Å². The largest absolute Gasteiger partial charge is 0.298 e. The first-order chi connectivity index (χ1) is 6.97. The number of aromatic nitrogens is 2. The van der Waals surface area contributed by atoms with E-state index in [-0.39, 0.29) is 11.6 Å². The van der Waals surface area contributed by atoms with Gasteiger partial charge in [-0.25, -0.2) is 4.68 Å². The molecule has 1 aromatic rings. The van der Waals surface area contributed by atoms with Crippen LogP contribution in [-0.4, -0.2) is 9.78 Å². The summed E-state index contributed by atoms with van der Waals surface area (Å²) in [6.45, 7) is 8.41. The van der Waals surface area contributed by atoms with Crippen LogP contribution in [0.25, 0.3) is 0 Å². The Hall–Kier alpha value is -0.510. The van der Waals surface area contributed by atoms with Crippen LogP contribution >= 0.6 is 15.9 Å². The van der Waals surface area contributed by atoms with E-state index in [2.05, 4.69) is 41.8 Å². The van der Waals surface area contributed by atoms with Gasteiger partial charge in [-0.1, -0.05) is 20.8 Å². The Bertz CT molecular complexity index is 378. The number of hydrogen-bond donors (Lipinski definition) is 1. The molecule has 1 atom stereocenters. The van der Waals surface area contributed by atoms with Crippen LogP contribution in [0.1, 0.15) is 45.9 Å². The summed E-state index contributed by atoms with van der Waals surface area (Å²) in [4.78, 5) is 11.9. The number of nitrogens with zero attached hydrogens (tertiary/aromatic N) is 1. The van der Waals surface area contributed by atoms with Gasteiger partial charge in [0.1, 0.15) is 4.47 Å². The van der Waals surface area contributed by atoms with Crippen molar-refractivity contribution in [2.24, 2.45) is 5.92 Å². The van der Waals surface area contributed by atoms with E-state index < -0.39 is 0 Å². The van der Waals surface area contributed by atoms with Crippen LogP contribution < -0.4 is 5.56 Å². The minimum Gasteiger partial charge on any atom is -0.298 e. The maximum atomic E-state index is 11.9. The Balaban J connectivity index is 3.07. The number of halogens is 1. The molecule has 1 unspecified atom stereocenters. The van der Waals surface area contributed by atoms with Gasteiger partial charge in [-0.15, -0.1) is 0 Å². The smallest absolute Gasteiger partial charge is 0.281 e. The van der Waals surface area contributed by atoms with Crippen molar-refractivity contribution in [1.29, 1.82) is 0 Å².